The predicted molar refractivity (Wildman–Crippen MR) is 91.0 cm³/mol. The number of alkyl halides is 3. The van der Waals surface area contributed by atoms with Gasteiger partial charge < -0.3 is 5.32 Å². The van der Waals surface area contributed by atoms with E-state index in [2.05, 4.69) is 10.2 Å². The second kappa shape index (κ2) is 7.64. The summed E-state index contributed by atoms with van der Waals surface area (Å²) in [5.74, 6) is -1.16. The van der Waals surface area contributed by atoms with Gasteiger partial charge in [-0.1, -0.05) is 11.6 Å². The van der Waals surface area contributed by atoms with Crippen molar-refractivity contribution in [1.82, 2.24) is 14.2 Å². The van der Waals surface area contributed by atoms with Gasteiger partial charge >= 0.3 is 17.9 Å². The number of hydrogen-bond acceptors (Lipinski definition) is 4. The number of halogens is 5. The van der Waals surface area contributed by atoms with Gasteiger partial charge in [-0.25, -0.2) is 23.6 Å². The molecule has 13 heteroatoms. The molecule has 0 saturated carbocycles. The second-order valence-electron chi connectivity index (χ2n) is 5.44. The van der Waals surface area contributed by atoms with Gasteiger partial charge in [-0.3, -0.25) is 14.2 Å². The summed E-state index contributed by atoms with van der Waals surface area (Å²) in [5.41, 5.74) is -5.25. The number of anilines is 1. The molecule has 2 rings (SSSR count). The number of urea groups is 1. The molecule has 1 heterocycles. The number of hydroxylamine groups is 2. The Morgan fingerprint density at radius 3 is 2.39 bits per heavy atom. The lowest BCUT2D eigenvalue weighted by atomic mass is 10.2. The lowest BCUT2D eigenvalue weighted by Gasteiger charge is -2.17. The fourth-order valence-electron chi connectivity index (χ4n) is 2.20. The summed E-state index contributed by atoms with van der Waals surface area (Å²) in [5, 5.41) is 2.73. The first-order valence-electron chi connectivity index (χ1n) is 7.37. The summed E-state index contributed by atoms with van der Waals surface area (Å²) >= 11 is 5.84. The molecule has 0 aliphatic heterocycles. The van der Waals surface area contributed by atoms with E-state index in [4.69, 9.17) is 11.6 Å². The third kappa shape index (κ3) is 4.02. The van der Waals surface area contributed by atoms with Crippen LogP contribution in [0.25, 0.3) is 5.69 Å². The molecule has 28 heavy (non-hydrogen) atoms. The van der Waals surface area contributed by atoms with Crippen LogP contribution < -0.4 is 16.6 Å². The number of nitrogens with one attached hydrogen (secondary N) is 1. The lowest BCUT2D eigenvalue weighted by molar-refractivity contribution is -0.144. The van der Waals surface area contributed by atoms with E-state index in [1.54, 1.807) is 0 Å². The number of aromatic nitrogens is 2. The van der Waals surface area contributed by atoms with E-state index in [-0.39, 0.29) is 25.9 Å². The molecular weight excluding hydrogens is 412 g/mol. The van der Waals surface area contributed by atoms with Crippen LogP contribution in [0.15, 0.2) is 27.8 Å². The smallest absolute Gasteiger partial charge is 0.305 e. The SMILES string of the molecule is CON(C)C(=O)Nc1cc(-n2c(=O)cc(C(F)(F)F)n(C)c2=O)c(F)cc1Cl. The van der Waals surface area contributed by atoms with Gasteiger partial charge in [-0.2, -0.15) is 13.2 Å². The van der Waals surface area contributed by atoms with Crippen LogP contribution in [0.1, 0.15) is 5.69 Å². The van der Waals surface area contributed by atoms with Crippen molar-refractivity contribution < 1.29 is 27.2 Å². The van der Waals surface area contributed by atoms with Crippen molar-refractivity contribution in [2.24, 2.45) is 7.05 Å². The van der Waals surface area contributed by atoms with E-state index >= 15 is 0 Å². The molecule has 0 spiro atoms. The molecule has 0 aliphatic rings. The Labute approximate surface area is 159 Å². The Balaban J connectivity index is 2.68. The number of carbonyl (C=O) groups is 1. The van der Waals surface area contributed by atoms with E-state index in [0.29, 0.717) is 6.07 Å². The highest BCUT2D eigenvalue weighted by Crippen LogP contribution is 2.29. The fraction of sp³-hybridized carbons (Fsp3) is 0.267. The highest BCUT2D eigenvalue weighted by molar-refractivity contribution is 6.33. The first-order chi connectivity index (χ1) is 12.9. The number of carbonyl (C=O) groups excluding carboxylic acids is 1. The van der Waals surface area contributed by atoms with Gasteiger partial charge in [0.15, 0.2) is 0 Å². The normalized spacial score (nSPS) is 11.4. The van der Waals surface area contributed by atoms with Crippen molar-refractivity contribution in [1.29, 1.82) is 0 Å². The van der Waals surface area contributed by atoms with Crippen molar-refractivity contribution in [3.05, 3.63) is 55.6 Å². The van der Waals surface area contributed by atoms with Gasteiger partial charge in [0, 0.05) is 20.2 Å². The molecule has 152 valence electrons. The Hall–Kier alpha value is -2.86. The average Bonchev–Trinajstić information content (AvgIpc) is 2.59. The predicted octanol–water partition coefficient (Wildman–Crippen LogP) is 2.37. The molecule has 0 atom stereocenters. The van der Waals surface area contributed by atoms with E-state index in [9.17, 15) is 31.9 Å². The third-order valence-corrected chi connectivity index (χ3v) is 4.00. The Bertz CT molecular complexity index is 1050. The third-order valence-electron chi connectivity index (χ3n) is 3.69. The molecule has 1 aromatic carbocycles. The van der Waals surface area contributed by atoms with Gasteiger partial charge in [0.05, 0.1) is 23.5 Å². The summed E-state index contributed by atoms with van der Waals surface area (Å²) in [6, 6.07) is 0.874. The molecule has 2 amide bonds. The van der Waals surface area contributed by atoms with Crippen molar-refractivity contribution in [3.8, 4) is 5.69 Å². The second-order valence-corrected chi connectivity index (χ2v) is 5.84. The summed E-state index contributed by atoms with van der Waals surface area (Å²) in [6.45, 7) is 0. The monoisotopic (exact) mass is 424 g/mol. The Kier molecular flexibility index (Phi) is 5.85. The number of rotatable bonds is 3. The zero-order valence-electron chi connectivity index (χ0n) is 14.6. The summed E-state index contributed by atoms with van der Waals surface area (Å²) in [4.78, 5) is 40.9. The molecule has 0 unspecified atom stereocenters. The molecule has 0 fully saturated rings. The van der Waals surface area contributed by atoms with Crippen molar-refractivity contribution in [2.45, 2.75) is 6.18 Å². The Morgan fingerprint density at radius 1 is 1.25 bits per heavy atom. The van der Waals surface area contributed by atoms with Crippen LogP contribution in [0.3, 0.4) is 0 Å². The largest absolute Gasteiger partial charge is 0.431 e. The number of hydrogen-bond donors (Lipinski definition) is 1. The van der Waals surface area contributed by atoms with Crippen LogP contribution in [0, 0.1) is 5.82 Å². The van der Waals surface area contributed by atoms with Crippen LogP contribution in [-0.4, -0.2) is 34.4 Å². The zero-order valence-corrected chi connectivity index (χ0v) is 15.4. The van der Waals surface area contributed by atoms with Gasteiger partial charge in [-0.05, 0) is 12.1 Å². The molecule has 1 aromatic heterocycles. The molecular formula is C15H13ClF4N4O4. The van der Waals surface area contributed by atoms with Crippen molar-refractivity contribution in [2.75, 3.05) is 19.5 Å². The first-order valence-corrected chi connectivity index (χ1v) is 7.74. The quantitative estimate of drug-likeness (QED) is 0.605. The van der Waals surface area contributed by atoms with Crippen LogP contribution >= 0.6 is 11.6 Å². The summed E-state index contributed by atoms with van der Waals surface area (Å²) < 4.78 is 53.5. The van der Waals surface area contributed by atoms with Crippen LogP contribution in [0.4, 0.5) is 28.0 Å². The topological polar surface area (TPSA) is 85.6 Å². The number of nitrogens with zero attached hydrogens (tertiary/aromatic N) is 3. The molecule has 0 aliphatic carbocycles. The minimum Gasteiger partial charge on any atom is -0.305 e. The first kappa shape index (κ1) is 21.4. The molecule has 0 bridgehead atoms. The molecule has 1 N–H and O–H groups in total. The highest BCUT2D eigenvalue weighted by atomic mass is 35.5. The maximum Gasteiger partial charge on any atom is 0.431 e. The van der Waals surface area contributed by atoms with Gasteiger partial charge in [-0.15, -0.1) is 0 Å². The summed E-state index contributed by atoms with van der Waals surface area (Å²) in [7, 11) is 3.23. The average molecular weight is 425 g/mol. The summed E-state index contributed by atoms with van der Waals surface area (Å²) in [6.07, 6.45) is -4.96. The molecule has 2 aromatic rings. The van der Waals surface area contributed by atoms with Gasteiger partial charge in [0.25, 0.3) is 5.56 Å². The molecule has 8 nitrogen and oxygen atoms in total. The standard InChI is InChI=1S/C15H13ClF4N4O4/c1-22-11(15(18,19)20)6-12(25)24(14(22)27)10-5-9(7(16)4-8(10)17)21-13(26)23(2)28-3/h4-6H,1-3H3,(H,21,26). The van der Waals surface area contributed by atoms with E-state index in [1.165, 1.54) is 14.2 Å². The van der Waals surface area contributed by atoms with Crippen LogP contribution in [-0.2, 0) is 18.1 Å². The molecule has 0 radical (unpaired) electrons. The van der Waals surface area contributed by atoms with Crippen molar-refractivity contribution >= 4 is 23.3 Å². The number of amides is 2. The fourth-order valence-corrected chi connectivity index (χ4v) is 2.40. The lowest BCUT2D eigenvalue weighted by Crippen LogP contribution is -2.41. The maximum absolute atomic E-state index is 14.3. The van der Waals surface area contributed by atoms with Gasteiger partial charge in [0.2, 0.25) is 0 Å². The van der Waals surface area contributed by atoms with Crippen LogP contribution in [0.5, 0.6) is 0 Å². The highest BCUT2D eigenvalue weighted by Gasteiger charge is 2.35. The van der Waals surface area contributed by atoms with Crippen LogP contribution in [0.2, 0.25) is 5.02 Å². The van der Waals surface area contributed by atoms with Gasteiger partial charge in [0.1, 0.15) is 11.5 Å². The minimum atomic E-state index is -4.96. The number of benzene rings is 1. The van der Waals surface area contributed by atoms with E-state index < -0.39 is 40.7 Å². The van der Waals surface area contributed by atoms with E-state index in [1.807, 2.05) is 0 Å². The van der Waals surface area contributed by atoms with E-state index in [0.717, 1.165) is 18.2 Å². The van der Waals surface area contributed by atoms with Crippen molar-refractivity contribution in [3.63, 3.8) is 0 Å². The molecule has 0 saturated heterocycles. The Morgan fingerprint density at radius 2 is 1.86 bits per heavy atom. The maximum atomic E-state index is 14.3. The minimum absolute atomic E-state index is 0.159. The zero-order chi connectivity index (χ0) is 21.4.